The van der Waals surface area contributed by atoms with Gasteiger partial charge in [0.2, 0.25) is 5.41 Å². The molecule has 0 aliphatic rings. The van der Waals surface area contributed by atoms with Gasteiger partial charge in [-0.1, -0.05) is 101 Å². The van der Waals surface area contributed by atoms with Crippen LogP contribution in [0, 0.1) is 71.7 Å². The zero-order chi connectivity index (χ0) is 41.1. The molecule has 0 aromatic heterocycles. The average Bonchev–Trinajstić information content (AvgIpc) is 3.07. The molecular formula is C41H35F13. The van der Waals surface area contributed by atoms with E-state index in [-0.39, 0.29) is 5.56 Å². The first kappa shape index (κ1) is 43.6. The van der Waals surface area contributed by atoms with E-state index < -0.39 is 75.0 Å². The summed E-state index contributed by atoms with van der Waals surface area (Å²) in [6.45, 7) is 10.7. The standard InChI is InChI=1S/C17H14F6.C16H15F3.C8H6F4/c1-11-3-7-13(8-4-11)15(16(18,19)20,17(21,22)23)14-9-5-12(2)6-10-14;1-10-4-6-13(12(3)8-10)14-7-5-11(2)9-15(14)16(17,18)19;1-3-5(9)4(2)7(11)8(12)6(3)10/h3-10H,1-2H3;4-9H,1-3H3;1-2H3. The molecule has 0 amide bonds. The van der Waals surface area contributed by atoms with E-state index in [2.05, 4.69) is 0 Å². The predicted octanol–water partition coefficient (Wildman–Crippen LogP) is 13.9. The highest BCUT2D eigenvalue weighted by Crippen LogP contribution is 2.56. The maximum Gasteiger partial charge on any atom is 0.417 e. The van der Waals surface area contributed by atoms with Crippen molar-refractivity contribution < 1.29 is 57.1 Å². The summed E-state index contributed by atoms with van der Waals surface area (Å²) < 4.78 is 172. The third-order valence-corrected chi connectivity index (χ3v) is 8.67. The second kappa shape index (κ2) is 16.3. The molecule has 0 bridgehead atoms. The SMILES string of the molecule is Cc1c(F)c(C)c(F)c(F)c1F.Cc1ccc(-c2ccc(C)cc2C(F)(F)F)c(C)c1.Cc1ccc(C(c2ccc(C)cc2)(C(F)(F)F)C(F)(F)F)cc1. The lowest BCUT2D eigenvalue weighted by Gasteiger charge is -2.38. The van der Waals surface area contributed by atoms with Gasteiger partial charge in [-0.3, -0.25) is 0 Å². The minimum absolute atomic E-state index is 0.246. The van der Waals surface area contributed by atoms with Gasteiger partial charge in [-0.2, -0.15) is 39.5 Å². The molecule has 0 unspecified atom stereocenters. The van der Waals surface area contributed by atoms with Crippen molar-refractivity contribution in [3.63, 3.8) is 0 Å². The molecule has 0 aliphatic heterocycles. The van der Waals surface area contributed by atoms with E-state index in [0.717, 1.165) is 49.2 Å². The van der Waals surface area contributed by atoms with Crippen molar-refractivity contribution in [2.75, 3.05) is 0 Å². The topological polar surface area (TPSA) is 0 Å². The molecule has 5 aromatic rings. The van der Waals surface area contributed by atoms with Crippen LogP contribution in [-0.4, -0.2) is 12.4 Å². The molecule has 5 aromatic carbocycles. The Balaban J connectivity index is 0.000000228. The number of rotatable bonds is 3. The van der Waals surface area contributed by atoms with Gasteiger partial charge in [0.25, 0.3) is 0 Å². The summed E-state index contributed by atoms with van der Waals surface area (Å²) in [6, 6.07) is 18.5. The van der Waals surface area contributed by atoms with Gasteiger partial charge in [-0.15, -0.1) is 0 Å². The van der Waals surface area contributed by atoms with E-state index in [1.165, 1.54) is 30.3 Å². The number of benzene rings is 5. The van der Waals surface area contributed by atoms with Crippen molar-refractivity contribution in [1.29, 1.82) is 0 Å². The molecule has 0 aliphatic carbocycles. The van der Waals surface area contributed by atoms with Crippen LogP contribution in [0.1, 0.15) is 55.6 Å². The van der Waals surface area contributed by atoms with Crippen LogP contribution in [0.3, 0.4) is 0 Å². The maximum absolute atomic E-state index is 13.7. The first-order valence-electron chi connectivity index (χ1n) is 16.1. The van der Waals surface area contributed by atoms with E-state index in [1.807, 2.05) is 26.0 Å². The van der Waals surface area contributed by atoms with E-state index in [4.69, 9.17) is 0 Å². The van der Waals surface area contributed by atoms with Gasteiger partial charge in [0, 0.05) is 11.1 Å². The predicted molar refractivity (Wildman–Crippen MR) is 182 cm³/mol. The monoisotopic (exact) mass is 774 g/mol. The quantitative estimate of drug-likeness (QED) is 0.0973. The maximum atomic E-state index is 13.7. The Kier molecular flexibility index (Phi) is 13.1. The summed E-state index contributed by atoms with van der Waals surface area (Å²) >= 11 is 0. The lowest BCUT2D eigenvalue weighted by molar-refractivity contribution is -0.288. The highest BCUT2D eigenvalue weighted by atomic mass is 19.4. The smallest absolute Gasteiger partial charge is 0.206 e. The van der Waals surface area contributed by atoms with Crippen LogP contribution in [0.25, 0.3) is 11.1 Å². The van der Waals surface area contributed by atoms with Crippen molar-refractivity contribution in [2.24, 2.45) is 0 Å². The van der Waals surface area contributed by atoms with E-state index >= 15 is 0 Å². The summed E-state index contributed by atoms with van der Waals surface area (Å²) in [5, 5.41) is 0. The summed E-state index contributed by atoms with van der Waals surface area (Å²) in [5.41, 5.74) is -2.74. The Morgan fingerprint density at radius 1 is 0.370 bits per heavy atom. The van der Waals surface area contributed by atoms with Crippen LogP contribution in [-0.2, 0) is 11.6 Å². The van der Waals surface area contributed by atoms with Crippen molar-refractivity contribution >= 4 is 0 Å². The second-order valence-electron chi connectivity index (χ2n) is 12.8. The fourth-order valence-corrected chi connectivity index (χ4v) is 5.73. The normalized spacial score (nSPS) is 12.1. The van der Waals surface area contributed by atoms with Crippen molar-refractivity contribution in [3.05, 3.63) is 164 Å². The van der Waals surface area contributed by atoms with Crippen molar-refractivity contribution in [3.8, 4) is 11.1 Å². The molecule has 0 spiro atoms. The first-order valence-corrected chi connectivity index (χ1v) is 16.1. The molecule has 0 atom stereocenters. The molecule has 0 saturated heterocycles. The van der Waals surface area contributed by atoms with Crippen LogP contribution >= 0.6 is 0 Å². The molecule has 290 valence electrons. The zero-order valence-corrected chi connectivity index (χ0v) is 30.0. The molecule has 5 rings (SSSR count). The third-order valence-electron chi connectivity index (χ3n) is 8.67. The van der Waals surface area contributed by atoms with E-state index in [1.54, 1.807) is 39.0 Å². The molecular weight excluding hydrogens is 739 g/mol. The Morgan fingerprint density at radius 3 is 1.07 bits per heavy atom. The van der Waals surface area contributed by atoms with Crippen molar-refractivity contribution in [1.82, 2.24) is 0 Å². The van der Waals surface area contributed by atoms with Crippen LogP contribution in [0.2, 0.25) is 0 Å². The molecule has 54 heavy (non-hydrogen) atoms. The second-order valence-corrected chi connectivity index (χ2v) is 12.8. The summed E-state index contributed by atoms with van der Waals surface area (Å²) in [5.74, 6) is -5.58. The van der Waals surface area contributed by atoms with Crippen LogP contribution in [0.5, 0.6) is 0 Å². The number of alkyl halides is 9. The van der Waals surface area contributed by atoms with Gasteiger partial charge >= 0.3 is 18.5 Å². The minimum atomic E-state index is -5.53. The fraction of sp³-hybridized carbons (Fsp3) is 0.268. The molecule has 0 radical (unpaired) electrons. The zero-order valence-electron chi connectivity index (χ0n) is 30.0. The molecule has 0 fully saturated rings. The molecule has 0 N–H and O–H groups in total. The number of hydrogen-bond acceptors (Lipinski definition) is 0. The number of halogens is 13. The molecule has 0 nitrogen and oxygen atoms in total. The lowest BCUT2D eigenvalue weighted by atomic mass is 9.72. The van der Waals surface area contributed by atoms with Crippen LogP contribution in [0.4, 0.5) is 57.1 Å². The van der Waals surface area contributed by atoms with Gasteiger partial charge in [-0.25, -0.2) is 17.6 Å². The van der Waals surface area contributed by atoms with Gasteiger partial charge < -0.3 is 0 Å². The van der Waals surface area contributed by atoms with Crippen molar-refractivity contribution in [2.45, 2.75) is 72.4 Å². The number of aryl methyl sites for hydroxylation is 5. The largest absolute Gasteiger partial charge is 0.417 e. The summed E-state index contributed by atoms with van der Waals surface area (Å²) in [7, 11) is 0. The molecule has 13 heteroatoms. The van der Waals surface area contributed by atoms with Crippen LogP contribution in [0.15, 0.2) is 84.9 Å². The third kappa shape index (κ3) is 9.10. The number of hydrogen-bond donors (Lipinski definition) is 0. The van der Waals surface area contributed by atoms with Gasteiger partial charge in [0.05, 0.1) is 5.56 Å². The first-order chi connectivity index (χ1) is 24.7. The fourth-order valence-electron chi connectivity index (χ4n) is 5.73. The highest BCUT2D eigenvalue weighted by Gasteiger charge is 2.72. The molecule has 0 saturated carbocycles. The highest BCUT2D eigenvalue weighted by molar-refractivity contribution is 5.72. The Hall–Kier alpha value is -4.81. The lowest BCUT2D eigenvalue weighted by Crippen LogP contribution is -2.54. The summed E-state index contributed by atoms with van der Waals surface area (Å²) in [6.07, 6.45) is -15.4. The minimum Gasteiger partial charge on any atom is -0.206 e. The Bertz CT molecular complexity index is 1900. The van der Waals surface area contributed by atoms with Gasteiger partial charge in [-0.05, 0) is 82.3 Å². The van der Waals surface area contributed by atoms with E-state index in [0.29, 0.717) is 22.3 Å². The van der Waals surface area contributed by atoms with Gasteiger partial charge in [0.1, 0.15) is 5.82 Å². The van der Waals surface area contributed by atoms with Gasteiger partial charge in [0.15, 0.2) is 17.5 Å². The van der Waals surface area contributed by atoms with E-state index in [9.17, 15) is 57.1 Å². The summed E-state index contributed by atoms with van der Waals surface area (Å²) in [4.78, 5) is 0. The average molecular weight is 775 g/mol. The molecule has 0 heterocycles. The Morgan fingerprint density at radius 2 is 0.722 bits per heavy atom. The Labute approximate surface area is 304 Å². The van der Waals surface area contributed by atoms with Crippen LogP contribution < -0.4 is 0 Å².